The van der Waals surface area contributed by atoms with Gasteiger partial charge >= 0.3 is 0 Å². The number of benzene rings is 2. The summed E-state index contributed by atoms with van der Waals surface area (Å²) in [5.41, 5.74) is 2.20. The number of anilines is 3. The number of hydrogen-bond acceptors (Lipinski definition) is 8. The number of nitrogens with one attached hydrogen (secondary N) is 2. The van der Waals surface area contributed by atoms with E-state index in [0.29, 0.717) is 16.9 Å². The number of rotatable bonds is 7. The molecule has 0 radical (unpaired) electrons. The normalized spacial score (nSPS) is 10.8. The van der Waals surface area contributed by atoms with Crippen LogP contribution < -0.4 is 25.7 Å². The van der Waals surface area contributed by atoms with E-state index in [-0.39, 0.29) is 50.3 Å². The molecular weight excluding hydrogens is 519 g/mol. The largest absolute Gasteiger partial charge is 0.495 e. The number of ether oxygens (including phenoxy) is 2. The summed E-state index contributed by atoms with van der Waals surface area (Å²) in [7, 11) is 4.43. The number of nitrogens with zero attached hydrogens (tertiary/aromatic N) is 4. The molecule has 0 unspecified atom stereocenters. The lowest BCUT2D eigenvalue weighted by Gasteiger charge is -2.16. The summed E-state index contributed by atoms with van der Waals surface area (Å²) in [4.78, 5) is 38.6. The number of para-hydroxylation sites is 1. The summed E-state index contributed by atoms with van der Waals surface area (Å²) in [5.74, 6) is 0.378. The molecule has 0 aliphatic heterocycles. The summed E-state index contributed by atoms with van der Waals surface area (Å²) < 4.78 is 11.9. The smallest absolute Gasteiger partial charge is 0.278 e. The SMILES string of the molecule is C=CC(=O)Nc1cccc(C)c1Nc1ncc2nc(-c3c(Cl)c(OC)cc(OC)c3Cl)c(=O)n(C)c2n1. The Balaban J connectivity index is 1.84. The Morgan fingerprint density at radius 1 is 1.14 bits per heavy atom. The first-order chi connectivity index (χ1) is 17.7. The molecule has 2 heterocycles. The minimum Gasteiger partial charge on any atom is -0.495 e. The molecule has 0 aliphatic rings. The van der Waals surface area contributed by atoms with Gasteiger partial charge in [-0.2, -0.15) is 4.98 Å². The molecule has 0 atom stereocenters. The molecule has 1 amide bonds. The molecule has 4 aromatic rings. The molecule has 0 saturated carbocycles. The van der Waals surface area contributed by atoms with Gasteiger partial charge in [0.2, 0.25) is 11.9 Å². The summed E-state index contributed by atoms with van der Waals surface area (Å²) in [6.45, 7) is 5.34. The highest BCUT2D eigenvalue weighted by Gasteiger charge is 2.24. The van der Waals surface area contributed by atoms with Crippen LogP contribution in [0.3, 0.4) is 0 Å². The molecule has 0 aliphatic carbocycles. The molecular formula is C25H22Cl2N6O4. The monoisotopic (exact) mass is 540 g/mol. The van der Waals surface area contributed by atoms with Crippen LogP contribution in [0, 0.1) is 6.92 Å². The quantitative estimate of drug-likeness (QED) is 0.318. The van der Waals surface area contributed by atoms with E-state index in [1.165, 1.54) is 37.1 Å². The molecule has 0 spiro atoms. The number of hydrogen-bond donors (Lipinski definition) is 2. The second-order valence-electron chi connectivity index (χ2n) is 7.83. The third kappa shape index (κ3) is 4.81. The molecule has 0 saturated heterocycles. The van der Waals surface area contributed by atoms with Gasteiger partial charge in [0.25, 0.3) is 5.56 Å². The van der Waals surface area contributed by atoms with Crippen molar-refractivity contribution in [2.75, 3.05) is 24.9 Å². The number of carbonyl (C=O) groups is 1. The van der Waals surface area contributed by atoms with Crippen LogP contribution >= 0.6 is 23.2 Å². The van der Waals surface area contributed by atoms with Crippen molar-refractivity contribution in [3.63, 3.8) is 0 Å². The molecule has 2 aromatic carbocycles. The van der Waals surface area contributed by atoms with Gasteiger partial charge in [-0.3, -0.25) is 14.2 Å². The van der Waals surface area contributed by atoms with E-state index in [9.17, 15) is 9.59 Å². The highest BCUT2D eigenvalue weighted by Crippen LogP contribution is 2.44. The van der Waals surface area contributed by atoms with E-state index in [2.05, 4.69) is 32.2 Å². The van der Waals surface area contributed by atoms with Crippen molar-refractivity contribution < 1.29 is 14.3 Å². The van der Waals surface area contributed by atoms with Gasteiger partial charge in [-0.1, -0.05) is 41.9 Å². The fraction of sp³-hybridized carbons (Fsp3) is 0.160. The lowest BCUT2D eigenvalue weighted by molar-refractivity contribution is -0.111. The van der Waals surface area contributed by atoms with Crippen molar-refractivity contribution in [2.24, 2.45) is 7.05 Å². The van der Waals surface area contributed by atoms with Crippen LogP contribution in [0.2, 0.25) is 10.0 Å². The summed E-state index contributed by atoms with van der Waals surface area (Å²) in [6, 6.07) is 6.93. The van der Waals surface area contributed by atoms with Gasteiger partial charge in [-0.25, -0.2) is 9.97 Å². The Labute approximate surface area is 221 Å². The highest BCUT2D eigenvalue weighted by atomic mass is 35.5. The molecule has 4 rings (SSSR count). The molecule has 190 valence electrons. The van der Waals surface area contributed by atoms with E-state index in [1.807, 2.05) is 13.0 Å². The number of aromatic nitrogens is 4. The summed E-state index contributed by atoms with van der Waals surface area (Å²) >= 11 is 13.0. The zero-order valence-corrected chi connectivity index (χ0v) is 21.9. The van der Waals surface area contributed by atoms with E-state index in [0.717, 1.165) is 5.56 Å². The van der Waals surface area contributed by atoms with Crippen LogP contribution in [0.1, 0.15) is 5.56 Å². The first-order valence-corrected chi connectivity index (χ1v) is 11.6. The Morgan fingerprint density at radius 3 is 2.43 bits per heavy atom. The van der Waals surface area contributed by atoms with Crippen molar-refractivity contribution in [1.82, 2.24) is 19.5 Å². The predicted octanol–water partition coefficient (Wildman–Crippen LogP) is 4.89. The van der Waals surface area contributed by atoms with Crippen LogP contribution in [0.15, 0.2) is 47.9 Å². The minimum atomic E-state index is -0.494. The topological polar surface area (TPSA) is 120 Å². The Kier molecular flexibility index (Phi) is 7.33. The lowest BCUT2D eigenvalue weighted by atomic mass is 10.1. The van der Waals surface area contributed by atoms with Gasteiger partial charge < -0.3 is 20.1 Å². The summed E-state index contributed by atoms with van der Waals surface area (Å²) in [5, 5.41) is 6.09. The maximum absolute atomic E-state index is 13.4. The number of methoxy groups -OCH3 is 2. The van der Waals surface area contributed by atoms with E-state index < -0.39 is 5.56 Å². The first kappa shape index (κ1) is 25.9. The van der Waals surface area contributed by atoms with E-state index in [1.54, 1.807) is 19.2 Å². The fourth-order valence-electron chi connectivity index (χ4n) is 3.67. The lowest BCUT2D eigenvalue weighted by Crippen LogP contribution is -2.22. The number of halogens is 2. The van der Waals surface area contributed by atoms with Crippen molar-refractivity contribution in [1.29, 1.82) is 0 Å². The van der Waals surface area contributed by atoms with Crippen molar-refractivity contribution >= 4 is 57.6 Å². The molecule has 12 heteroatoms. The third-order valence-corrected chi connectivity index (χ3v) is 6.32. The average molecular weight is 541 g/mol. The maximum Gasteiger partial charge on any atom is 0.278 e. The van der Waals surface area contributed by atoms with Gasteiger partial charge in [0, 0.05) is 13.1 Å². The second kappa shape index (κ2) is 10.5. The number of aryl methyl sites for hydroxylation is 2. The zero-order chi connectivity index (χ0) is 26.9. The van der Waals surface area contributed by atoms with Crippen molar-refractivity contribution in [2.45, 2.75) is 6.92 Å². The predicted molar refractivity (Wildman–Crippen MR) is 144 cm³/mol. The van der Waals surface area contributed by atoms with Gasteiger partial charge in [0.15, 0.2) is 5.65 Å². The molecule has 37 heavy (non-hydrogen) atoms. The van der Waals surface area contributed by atoms with Gasteiger partial charge in [0.1, 0.15) is 22.7 Å². The third-order valence-electron chi connectivity index (χ3n) is 5.57. The zero-order valence-electron chi connectivity index (χ0n) is 20.3. The molecule has 2 N–H and O–H groups in total. The van der Waals surface area contributed by atoms with E-state index >= 15 is 0 Å². The van der Waals surface area contributed by atoms with Crippen molar-refractivity contribution in [3.8, 4) is 22.8 Å². The minimum absolute atomic E-state index is 0.0140. The Morgan fingerprint density at radius 2 is 1.81 bits per heavy atom. The standard InChI is InChI=1S/C25H22Cl2N6O4/c1-6-17(34)29-13-9-7-8-12(2)21(13)31-25-28-11-14-23(32-25)33(3)24(35)22(30-14)18-19(26)15(36-4)10-16(37-5)20(18)27/h6-11H,1H2,2-5H3,(H,29,34)(H,28,31,32). The Bertz CT molecular complexity index is 1590. The van der Waals surface area contributed by atoms with Crippen LogP contribution in [0.25, 0.3) is 22.4 Å². The Hall–Kier alpha value is -4.15. The maximum atomic E-state index is 13.4. The number of carbonyl (C=O) groups excluding carboxylic acids is 1. The second-order valence-corrected chi connectivity index (χ2v) is 8.58. The van der Waals surface area contributed by atoms with Gasteiger partial charge in [-0.05, 0) is 24.6 Å². The molecule has 0 bridgehead atoms. The van der Waals surface area contributed by atoms with Gasteiger partial charge in [0.05, 0.1) is 47.4 Å². The summed E-state index contributed by atoms with van der Waals surface area (Å²) in [6.07, 6.45) is 2.64. The van der Waals surface area contributed by atoms with Crippen LogP contribution in [-0.4, -0.2) is 39.6 Å². The fourth-order valence-corrected chi connectivity index (χ4v) is 4.35. The molecule has 2 aromatic heterocycles. The number of fused-ring (bicyclic) bond motifs is 1. The van der Waals surface area contributed by atoms with Crippen molar-refractivity contribution in [3.05, 3.63) is 69.1 Å². The first-order valence-electron chi connectivity index (χ1n) is 10.8. The van der Waals surface area contributed by atoms with Gasteiger partial charge in [-0.15, -0.1) is 0 Å². The van der Waals surface area contributed by atoms with Crippen LogP contribution in [0.4, 0.5) is 17.3 Å². The van der Waals surface area contributed by atoms with Crippen LogP contribution in [-0.2, 0) is 11.8 Å². The molecule has 10 nitrogen and oxygen atoms in total. The highest BCUT2D eigenvalue weighted by molar-refractivity contribution is 6.41. The average Bonchev–Trinajstić information content (AvgIpc) is 2.89. The molecule has 0 fully saturated rings. The van der Waals surface area contributed by atoms with Crippen LogP contribution in [0.5, 0.6) is 11.5 Å². The number of amides is 1. The van der Waals surface area contributed by atoms with E-state index in [4.69, 9.17) is 32.7 Å².